The SMILES string of the molecule is COc1cc(CNc2cccc(C(=O)O)c2C)ccc1OCc1ccc(Cl)cc1Cl. The maximum Gasteiger partial charge on any atom is 0.336 e. The number of nitrogens with one attached hydrogen (secondary N) is 1. The van der Waals surface area contributed by atoms with Crippen LogP contribution in [0.1, 0.15) is 27.0 Å². The van der Waals surface area contributed by atoms with Crippen LogP contribution in [0.2, 0.25) is 10.0 Å². The molecule has 30 heavy (non-hydrogen) atoms. The van der Waals surface area contributed by atoms with E-state index in [0.29, 0.717) is 33.7 Å². The van der Waals surface area contributed by atoms with Crippen LogP contribution in [0.25, 0.3) is 0 Å². The predicted molar refractivity (Wildman–Crippen MR) is 119 cm³/mol. The number of carboxylic acid groups (broad SMARTS) is 1. The van der Waals surface area contributed by atoms with E-state index in [9.17, 15) is 9.90 Å². The molecule has 0 atom stereocenters. The number of aromatic carboxylic acids is 1. The number of hydrogen-bond donors (Lipinski definition) is 2. The second-order valence-corrected chi connectivity index (χ2v) is 7.49. The number of rotatable bonds is 8. The van der Waals surface area contributed by atoms with Crippen molar-refractivity contribution in [1.29, 1.82) is 0 Å². The minimum Gasteiger partial charge on any atom is -0.493 e. The molecule has 0 radical (unpaired) electrons. The highest BCUT2D eigenvalue weighted by Crippen LogP contribution is 2.31. The number of benzene rings is 3. The molecule has 0 fully saturated rings. The Hall–Kier alpha value is -2.89. The third kappa shape index (κ3) is 5.17. The molecule has 0 spiro atoms. The van der Waals surface area contributed by atoms with E-state index in [1.54, 1.807) is 38.3 Å². The summed E-state index contributed by atoms with van der Waals surface area (Å²) in [5.74, 6) is 0.242. The first-order valence-electron chi connectivity index (χ1n) is 9.19. The van der Waals surface area contributed by atoms with Gasteiger partial charge in [0.05, 0.1) is 12.7 Å². The van der Waals surface area contributed by atoms with Crippen molar-refractivity contribution in [2.24, 2.45) is 0 Å². The summed E-state index contributed by atoms with van der Waals surface area (Å²) in [4.78, 5) is 11.3. The molecule has 3 rings (SSSR count). The number of anilines is 1. The van der Waals surface area contributed by atoms with Crippen molar-refractivity contribution in [1.82, 2.24) is 0 Å². The van der Waals surface area contributed by atoms with Crippen LogP contribution in [0.15, 0.2) is 54.6 Å². The van der Waals surface area contributed by atoms with E-state index in [-0.39, 0.29) is 12.2 Å². The Bertz CT molecular complexity index is 1070. The summed E-state index contributed by atoms with van der Waals surface area (Å²) in [7, 11) is 1.58. The van der Waals surface area contributed by atoms with Gasteiger partial charge in [0.25, 0.3) is 0 Å². The van der Waals surface area contributed by atoms with Gasteiger partial charge in [-0.15, -0.1) is 0 Å². The standard InChI is InChI=1S/C23H21Cl2NO4/c1-14-18(23(27)28)4-3-5-20(14)26-12-15-6-9-21(22(10-15)29-2)30-13-16-7-8-17(24)11-19(16)25/h3-11,26H,12-13H2,1-2H3,(H,27,28). The lowest BCUT2D eigenvalue weighted by Gasteiger charge is -2.15. The average Bonchev–Trinajstić information content (AvgIpc) is 2.72. The molecule has 0 bridgehead atoms. The van der Waals surface area contributed by atoms with Gasteiger partial charge in [0.15, 0.2) is 11.5 Å². The van der Waals surface area contributed by atoms with Crippen molar-refractivity contribution in [2.45, 2.75) is 20.1 Å². The fourth-order valence-electron chi connectivity index (χ4n) is 2.99. The smallest absolute Gasteiger partial charge is 0.336 e. The van der Waals surface area contributed by atoms with Gasteiger partial charge in [0.2, 0.25) is 0 Å². The molecule has 0 aliphatic carbocycles. The van der Waals surface area contributed by atoms with Gasteiger partial charge in [-0.05, 0) is 54.4 Å². The van der Waals surface area contributed by atoms with E-state index in [0.717, 1.165) is 16.8 Å². The van der Waals surface area contributed by atoms with E-state index in [2.05, 4.69) is 5.32 Å². The monoisotopic (exact) mass is 445 g/mol. The molecule has 0 amide bonds. The van der Waals surface area contributed by atoms with Crippen LogP contribution in [-0.4, -0.2) is 18.2 Å². The number of carboxylic acids is 1. The molecule has 0 saturated carbocycles. The molecule has 2 N–H and O–H groups in total. The highest BCUT2D eigenvalue weighted by atomic mass is 35.5. The Morgan fingerprint density at radius 1 is 1.07 bits per heavy atom. The van der Waals surface area contributed by atoms with Crippen molar-refractivity contribution < 1.29 is 19.4 Å². The Balaban J connectivity index is 1.70. The van der Waals surface area contributed by atoms with Gasteiger partial charge >= 0.3 is 5.97 Å². The first kappa shape index (κ1) is 21.8. The van der Waals surface area contributed by atoms with Crippen LogP contribution < -0.4 is 14.8 Å². The molecular weight excluding hydrogens is 425 g/mol. The van der Waals surface area contributed by atoms with Crippen molar-refractivity contribution in [3.8, 4) is 11.5 Å². The lowest BCUT2D eigenvalue weighted by molar-refractivity contribution is 0.0696. The van der Waals surface area contributed by atoms with Gasteiger partial charge in [-0.3, -0.25) is 0 Å². The maximum atomic E-state index is 11.3. The number of carbonyl (C=O) groups is 1. The summed E-state index contributed by atoms with van der Waals surface area (Å²) in [5, 5.41) is 13.7. The molecule has 3 aromatic carbocycles. The summed E-state index contributed by atoms with van der Waals surface area (Å²) in [5.41, 5.74) is 3.53. The van der Waals surface area contributed by atoms with Gasteiger partial charge in [-0.25, -0.2) is 4.79 Å². The fourth-order valence-corrected chi connectivity index (χ4v) is 3.45. The summed E-state index contributed by atoms with van der Waals surface area (Å²) in [6.07, 6.45) is 0. The molecule has 0 heterocycles. The Kier molecular flexibility index (Phi) is 7.08. The molecule has 0 saturated heterocycles. The molecule has 3 aromatic rings. The molecule has 0 aliphatic heterocycles. The molecule has 156 valence electrons. The van der Waals surface area contributed by atoms with Crippen molar-refractivity contribution in [3.05, 3.63) is 86.9 Å². The normalized spacial score (nSPS) is 10.5. The molecule has 0 aliphatic rings. The average molecular weight is 446 g/mol. The first-order valence-corrected chi connectivity index (χ1v) is 9.95. The van der Waals surface area contributed by atoms with E-state index in [1.165, 1.54) is 0 Å². The van der Waals surface area contributed by atoms with Crippen LogP contribution in [-0.2, 0) is 13.2 Å². The van der Waals surface area contributed by atoms with Crippen LogP contribution in [0.5, 0.6) is 11.5 Å². The molecule has 5 nitrogen and oxygen atoms in total. The Morgan fingerprint density at radius 3 is 2.57 bits per heavy atom. The quantitative estimate of drug-likeness (QED) is 0.431. The maximum absolute atomic E-state index is 11.3. The number of methoxy groups -OCH3 is 1. The van der Waals surface area contributed by atoms with E-state index in [4.69, 9.17) is 32.7 Å². The molecule has 0 aromatic heterocycles. The first-order chi connectivity index (χ1) is 14.4. The van der Waals surface area contributed by atoms with Crippen molar-refractivity contribution >= 4 is 34.9 Å². The van der Waals surface area contributed by atoms with Gasteiger partial charge in [0.1, 0.15) is 6.61 Å². The molecule has 0 unspecified atom stereocenters. The number of ether oxygens (including phenoxy) is 2. The van der Waals surface area contributed by atoms with Gasteiger partial charge in [-0.2, -0.15) is 0 Å². The van der Waals surface area contributed by atoms with Crippen molar-refractivity contribution in [3.63, 3.8) is 0 Å². The zero-order chi connectivity index (χ0) is 21.7. The van der Waals surface area contributed by atoms with Gasteiger partial charge < -0.3 is 19.9 Å². The van der Waals surface area contributed by atoms with Crippen LogP contribution >= 0.6 is 23.2 Å². The van der Waals surface area contributed by atoms with Gasteiger partial charge in [0, 0.05) is 27.8 Å². The second-order valence-electron chi connectivity index (χ2n) is 6.65. The summed E-state index contributed by atoms with van der Waals surface area (Å²) in [6, 6.07) is 16.1. The largest absolute Gasteiger partial charge is 0.493 e. The topological polar surface area (TPSA) is 67.8 Å². The minimum atomic E-state index is -0.944. The third-order valence-electron chi connectivity index (χ3n) is 4.67. The predicted octanol–water partition coefficient (Wildman–Crippen LogP) is 6.20. The Labute approximate surface area is 185 Å². The van der Waals surface area contributed by atoms with E-state index in [1.807, 2.05) is 30.3 Å². The van der Waals surface area contributed by atoms with Crippen LogP contribution in [0.4, 0.5) is 5.69 Å². The van der Waals surface area contributed by atoms with Crippen LogP contribution in [0, 0.1) is 6.92 Å². The molecule has 7 heteroatoms. The summed E-state index contributed by atoms with van der Waals surface area (Å²) in [6.45, 7) is 2.57. The highest BCUT2D eigenvalue weighted by molar-refractivity contribution is 6.35. The number of hydrogen-bond acceptors (Lipinski definition) is 4. The minimum absolute atomic E-state index is 0.280. The van der Waals surface area contributed by atoms with Crippen molar-refractivity contribution in [2.75, 3.05) is 12.4 Å². The second kappa shape index (κ2) is 9.74. The summed E-state index contributed by atoms with van der Waals surface area (Å²) < 4.78 is 11.3. The fraction of sp³-hybridized carbons (Fsp3) is 0.174. The zero-order valence-electron chi connectivity index (χ0n) is 16.5. The van der Waals surface area contributed by atoms with E-state index >= 15 is 0 Å². The lowest BCUT2D eigenvalue weighted by atomic mass is 10.1. The Morgan fingerprint density at radius 2 is 1.87 bits per heavy atom. The highest BCUT2D eigenvalue weighted by Gasteiger charge is 2.11. The lowest BCUT2D eigenvalue weighted by Crippen LogP contribution is -2.06. The zero-order valence-corrected chi connectivity index (χ0v) is 18.1. The number of halogens is 2. The molecular formula is C23H21Cl2NO4. The van der Waals surface area contributed by atoms with Crippen LogP contribution in [0.3, 0.4) is 0 Å². The third-order valence-corrected chi connectivity index (χ3v) is 5.26. The van der Waals surface area contributed by atoms with E-state index < -0.39 is 5.97 Å². The van der Waals surface area contributed by atoms with Gasteiger partial charge in [-0.1, -0.05) is 41.4 Å². The summed E-state index contributed by atoms with van der Waals surface area (Å²) >= 11 is 12.1.